The number of rotatable bonds is 3. The van der Waals surface area contributed by atoms with Crippen molar-refractivity contribution in [2.24, 2.45) is 0 Å². The monoisotopic (exact) mass is 303 g/mol. The molecule has 1 fully saturated rings. The number of halogens is 1. The van der Waals surface area contributed by atoms with Crippen LogP contribution in [0.1, 0.15) is 30.9 Å². The lowest BCUT2D eigenvalue weighted by Crippen LogP contribution is -2.39. The maximum absolute atomic E-state index is 12.6. The highest BCUT2D eigenvalue weighted by molar-refractivity contribution is 7.92. The maximum Gasteiger partial charge on any atom is 0.182 e. The molecule has 1 heterocycles. The Morgan fingerprint density at radius 3 is 2.63 bits per heavy atom. The Bertz CT molecular complexity index is 522. The van der Waals surface area contributed by atoms with Gasteiger partial charge in [0.15, 0.2) is 9.84 Å². The highest BCUT2D eigenvalue weighted by Crippen LogP contribution is 2.24. The molecule has 0 spiro atoms. The van der Waals surface area contributed by atoms with E-state index < -0.39 is 9.84 Å². The van der Waals surface area contributed by atoms with Gasteiger partial charge in [-0.3, -0.25) is 0 Å². The van der Waals surface area contributed by atoms with E-state index in [1.165, 1.54) is 5.56 Å². The van der Waals surface area contributed by atoms with Gasteiger partial charge in [0.1, 0.15) is 0 Å². The zero-order valence-electron chi connectivity index (χ0n) is 11.5. The van der Waals surface area contributed by atoms with E-state index >= 15 is 0 Å². The van der Waals surface area contributed by atoms with Gasteiger partial charge in [-0.05, 0) is 49.9 Å². The van der Waals surface area contributed by atoms with E-state index in [2.05, 4.69) is 12.2 Å². The van der Waals surface area contributed by atoms with E-state index in [9.17, 15) is 8.42 Å². The van der Waals surface area contributed by atoms with Crippen molar-refractivity contribution in [3.8, 4) is 0 Å². The van der Waals surface area contributed by atoms with Crippen LogP contribution in [-0.2, 0) is 16.3 Å². The smallest absolute Gasteiger partial charge is 0.182 e. The summed E-state index contributed by atoms with van der Waals surface area (Å²) in [6.45, 7) is 5.48. The summed E-state index contributed by atoms with van der Waals surface area (Å²) < 4.78 is 25.1. The molecule has 19 heavy (non-hydrogen) atoms. The number of benzene rings is 1. The van der Waals surface area contributed by atoms with E-state index in [-0.39, 0.29) is 17.7 Å². The second-order valence-corrected chi connectivity index (χ2v) is 7.16. The van der Waals surface area contributed by atoms with Gasteiger partial charge < -0.3 is 5.32 Å². The van der Waals surface area contributed by atoms with Crippen LogP contribution >= 0.6 is 12.4 Å². The van der Waals surface area contributed by atoms with Crippen LogP contribution in [0, 0.1) is 6.92 Å². The number of hydrogen-bond donors (Lipinski definition) is 1. The van der Waals surface area contributed by atoms with Crippen molar-refractivity contribution in [2.75, 3.05) is 13.1 Å². The van der Waals surface area contributed by atoms with Crippen LogP contribution in [0.3, 0.4) is 0 Å². The summed E-state index contributed by atoms with van der Waals surface area (Å²) in [6.07, 6.45) is 2.65. The largest absolute Gasteiger partial charge is 0.315 e. The number of aryl methyl sites for hydroxylation is 2. The van der Waals surface area contributed by atoms with Gasteiger partial charge in [0, 0.05) is 6.54 Å². The van der Waals surface area contributed by atoms with Gasteiger partial charge in [-0.1, -0.05) is 19.1 Å². The Labute approximate surface area is 122 Å². The summed E-state index contributed by atoms with van der Waals surface area (Å²) in [7, 11) is -3.18. The minimum absolute atomic E-state index is 0. The molecule has 1 N–H and O–H groups in total. The second kappa shape index (κ2) is 6.73. The molecule has 3 nitrogen and oxygen atoms in total. The van der Waals surface area contributed by atoms with Gasteiger partial charge in [0.2, 0.25) is 0 Å². The zero-order chi connectivity index (χ0) is 13.2. The summed E-state index contributed by atoms with van der Waals surface area (Å²) in [4.78, 5) is 0.508. The number of piperidine rings is 1. The molecule has 1 aliphatic heterocycles. The molecule has 2 rings (SSSR count). The van der Waals surface area contributed by atoms with Crippen molar-refractivity contribution in [3.63, 3.8) is 0 Å². The van der Waals surface area contributed by atoms with Crippen LogP contribution in [0.15, 0.2) is 23.1 Å². The van der Waals surface area contributed by atoms with Crippen LogP contribution in [-0.4, -0.2) is 26.8 Å². The van der Waals surface area contributed by atoms with Crippen LogP contribution in [0.25, 0.3) is 0 Å². The summed E-state index contributed by atoms with van der Waals surface area (Å²) in [6, 6.07) is 5.69. The standard InChI is InChI=1S/C14H21NO2S.ClH/c1-3-12-6-7-14(11(2)9-12)18(16,17)13-5-4-8-15-10-13;/h6-7,9,13,15H,3-5,8,10H2,1-2H3;1H. The molecule has 0 bridgehead atoms. The lowest BCUT2D eigenvalue weighted by Gasteiger charge is -2.23. The predicted molar refractivity (Wildman–Crippen MR) is 80.9 cm³/mol. The third kappa shape index (κ3) is 3.50. The van der Waals surface area contributed by atoms with E-state index in [4.69, 9.17) is 0 Å². The molecule has 0 aromatic heterocycles. The third-order valence-electron chi connectivity index (χ3n) is 3.64. The summed E-state index contributed by atoms with van der Waals surface area (Å²) in [5.74, 6) is 0. The molecule has 1 saturated heterocycles. The Morgan fingerprint density at radius 2 is 2.11 bits per heavy atom. The van der Waals surface area contributed by atoms with Crippen LogP contribution in [0.2, 0.25) is 0 Å². The van der Waals surface area contributed by atoms with Crippen LogP contribution < -0.4 is 5.32 Å². The number of nitrogens with one attached hydrogen (secondary N) is 1. The zero-order valence-corrected chi connectivity index (χ0v) is 13.1. The normalized spacial score (nSPS) is 19.8. The molecule has 0 aliphatic carbocycles. The fourth-order valence-corrected chi connectivity index (χ4v) is 4.45. The summed E-state index contributed by atoms with van der Waals surface area (Å²) >= 11 is 0. The van der Waals surface area contributed by atoms with E-state index in [0.29, 0.717) is 11.4 Å². The molecule has 1 unspecified atom stereocenters. The van der Waals surface area contributed by atoms with Crippen molar-refractivity contribution in [3.05, 3.63) is 29.3 Å². The molecule has 1 atom stereocenters. The molecule has 0 saturated carbocycles. The van der Waals surface area contributed by atoms with Gasteiger partial charge in [-0.25, -0.2) is 8.42 Å². The first-order chi connectivity index (χ1) is 8.55. The van der Waals surface area contributed by atoms with Gasteiger partial charge in [-0.2, -0.15) is 0 Å². The van der Waals surface area contributed by atoms with Crippen molar-refractivity contribution in [1.82, 2.24) is 5.32 Å². The fourth-order valence-electron chi connectivity index (χ4n) is 2.51. The number of sulfone groups is 1. The fraction of sp³-hybridized carbons (Fsp3) is 0.571. The van der Waals surface area contributed by atoms with Gasteiger partial charge in [0.05, 0.1) is 10.1 Å². The van der Waals surface area contributed by atoms with Crippen LogP contribution in [0.4, 0.5) is 0 Å². The highest BCUT2D eigenvalue weighted by atomic mass is 35.5. The maximum atomic E-state index is 12.6. The number of hydrogen-bond acceptors (Lipinski definition) is 3. The molecule has 108 valence electrons. The molecule has 1 aromatic rings. The minimum Gasteiger partial charge on any atom is -0.315 e. The lowest BCUT2D eigenvalue weighted by molar-refractivity contribution is 0.496. The predicted octanol–water partition coefficient (Wildman–Crippen LogP) is 2.50. The summed E-state index contributed by atoms with van der Waals surface area (Å²) in [5, 5.41) is 2.91. The van der Waals surface area contributed by atoms with Crippen molar-refractivity contribution >= 4 is 22.2 Å². The molecule has 5 heteroatoms. The SMILES string of the molecule is CCc1ccc(S(=O)(=O)C2CCCNC2)c(C)c1.Cl. The molecular formula is C14H22ClNO2S. The Balaban J connectivity index is 0.00000180. The van der Waals surface area contributed by atoms with E-state index in [0.717, 1.165) is 31.4 Å². The van der Waals surface area contributed by atoms with Gasteiger partial charge >= 0.3 is 0 Å². The molecule has 0 amide bonds. The van der Waals surface area contributed by atoms with Gasteiger partial charge in [0.25, 0.3) is 0 Å². The average Bonchev–Trinajstić information content (AvgIpc) is 2.39. The van der Waals surface area contributed by atoms with Gasteiger partial charge in [-0.15, -0.1) is 12.4 Å². The highest BCUT2D eigenvalue weighted by Gasteiger charge is 2.29. The Kier molecular flexibility index (Phi) is 5.83. The quantitative estimate of drug-likeness (QED) is 0.933. The van der Waals surface area contributed by atoms with Crippen LogP contribution in [0.5, 0.6) is 0 Å². The summed E-state index contributed by atoms with van der Waals surface area (Å²) in [5.41, 5.74) is 2.06. The van der Waals surface area contributed by atoms with E-state index in [1.54, 1.807) is 6.07 Å². The van der Waals surface area contributed by atoms with Crippen molar-refractivity contribution in [2.45, 2.75) is 43.3 Å². The average molecular weight is 304 g/mol. The lowest BCUT2D eigenvalue weighted by atomic mass is 10.1. The molecule has 1 aliphatic rings. The Morgan fingerprint density at radius 1 is 1.37 bits per heavy atom. The molecule has 0 radical (unpaired) electrons. The first-order valence-corrected chi connectivity index (χ1v) is 8.14. The third-order valence-corrected chi connectivity index (χ3v) is 6.00. The molecular weight excluding hydrogens is 282 g/mol. The van der Waals surface area contributed by atoms with E-state index in [1.807, 2.05) is 19.1 Å². The molecule has 1 aromatic carbocycles. The van der Waals surface area contributed by atoms with Crippen molar-refractivity contribution < 1.29 is 8.42 Å². The first kappa shape index (κ1) is 16.5. The first-order valence-electron chi connectivity index (χ1n) is 6.60. The van der Waals surface area contributed by atoms with Crippen molar-refractivity contribution in [1.29, 1.82) is 0 Å². The minimum atomic E-state index is -3.18. The second-order valence-electron chi connectivity index (χ2n) is 4.97. The topological polar surface area (TPSA) is 46.2 Å². The Hall–Kier alpha value is -0.580.